The largest absolute Gasteiger partial charge is 0.490 e. The third-order valence-electron chi connectivity index (χ3n) is 2.59. The summed E-state index contributed by atoms with van der Waals surface area (Å²) in [6, 6.07) is 10.8. The van der Waals surface area contributed by atoms with Gasteiger partial charge >= 0.3 is 0 Å². The first-order chi connectivity index (χ1) is 9.76. The quantitative estimate of drug-likeness (QED) is 0.901. The summed E-state index contributed by atoms with van der Waals surface area (Å²) < 4.78 is 11.3. The molecule has 0 unspecified atom stereocenters. The van der Waals surface area contributed by atoms with Crippen molar-refractivity contribution in [2.24, 2.45) is 0 Å². The van der Waals surface area contributed by atoms with Crippen molar-refractivity contribution in [1.29, 1.82) is 5.26 Å². The maximum Gasteiger partial charge on any atom is 0.244 e. The smallest absolute Gasteiger partial charge is 0.244 e. The van der Waals surface area contributed by atoms with E-state index in [9.17, 15) is 0 Å². The third-order valence-corrected chi connectivity index (χ3v) is 2.59. The molecule has 2 rings (SSSR count). The molecule has 0 spiro atoms. The van der Waals surface area contributed by atoms with Gasteiger partial charge in [0.1, 0.15) is 11.8 Å². The number of para-hydroxylation sites is 2. The summed E-state index contributed by atoms with van der Waals surface area (Å²) >= 11 is 0. The second kappa shape index (κ2) is 6.43. The molecule has 5 nitrogen and oxygen atoms in total. The van der Waals surface area contributed by atoms with Crippen molar-refractivity contribution in [3.8, 4) is 23.4 Å². The summed E-state index contributed by atoms with van der Waals surface area (Å²) in [5, 5.41) is 8.94. The van der Waals surface area contributed by atoms with Crippen molar-refractivity contribution < 1.29 is 9.47 Å². The lowest BCUT2D eigenvalue weighted by Gasteiger charge is -2.12. The molecular formula is C15H15N3O2. The number of pyridine rings is 1. The molecule has 2 N–H and O–H groups in total. The van der Waals surface area contributed by atoms with E-state index in [4.69, 9.17) is 20.5 Å². The minimum Gasteiger partial charge on any atom is -0.490 e. The van der Waals surface area contributed by atoms with Crippen molar-refractivity contribution in [3.05, 3.63) is 42.1 Å². The standard InChI is InChI=1S/C15H15N3O2/c1-2-9-19-12-5-3-4-6-13(12)20-15-14(17)11(10-16)7-8-18-15/h3-8H,2,9,17H2,1H3. The highest BCUT2D eigenvalue weighted by Crippen LogP contribution is 2.33. The monoisotopic (exact) mass is 269 g/mol. The Labute approximate surface area is 117 Å². The fourth-order valence-electron chi connectivity index (χ4n) is 1.60. The van der Waals surface area contributed by atoms with Crippen LogP contribution in [-0.2, 0) is 0 Å². The Bertz CT molecular complexity index is 635. The molecule has 1 aromatic carbocycles. The molecule has 0 saturated heterocycles. The lowest BCUT2D eigenvalue weighted by atomic mass is 10.2. The van der Waals surface area contributed by atoms with Crippen LogP contribution in [0.25, 0.3) is 0 Å². The van der Waals surface area contributed by atoms with E-state index in [1.54, 1.807) is 12.1 Å². The van der Waals surface area contributed by atoms with Crippen LogP contribution < -0.4 is 15.2 Å². The summed E-state index contributed by atoms with van der Waals surface area (Å²) in [4.78, 5) is 4.05. The Kier molecular flexibility index (Phi) is 4.40. The molecule has 0 aliphatic heterocycles. The van der Waals surface area contributed by atoms with Gasteiger partial charge in [0.15, 0.2) is 11.5 Å². The average Bonchev–Trinajstić information content (AvgIpc) is 2.48. The van der Waals surface area contributed by atoms with Gasteiger partial charge < -0.3 is 15.2 Å². The van der Waals surface area contributed by atoms with Gasteiger partial charge in [0.25, 0.3) is 0 Å². The van der Waals surface area contributed by atoms with E-state index >= 15 is 0 Å². The molecule has 1 aromatic heterocycles. The summed E-state index contributed by atoms with van der Waals surface area (Å²) in [6.07, 6.45) is 2.39. The van der Waals surface area contributed by atoms with Gasteiger partial charge in [0, 0.05) is 6.20 Å². The van der Waals surface area contributed by atoms with Gasteiger partial charge in [-0.25, -0.2) is 4.98 Å². The SMILES string of the molecule is CCCOc1ccccc1Oc1nccc(C#N)c1N. The Morgan fingerprint density at radius 1 is 1.25 bits per heavy atom. The van der Waals surface area contributed by atoms with Crippen LogP contribution in [0.4, 0.5) is 5.69 Å². The zero-order valence-electron chi connectivity index (χ0n) is 11.2. The van der Waals surface area contributed by atoms with Gasteiger partial charge in [-0.05, 0) is 24.6 Å². The van der Waals surface area contributed by atoms with Crippen LogP contribution in [0, 0.1) is 11.3 Å². The average molecular weight is 269 g/mol. The number of anilines is 1. The van der Waals surface area contributed by atoms with Crippen molar-refractivity contribution in [2.75, 3.05) is 12.3 Å². The van der Waals surface area contributed by atoms with Crippen LogP contribution in [0.3, 0.4) is 0 Å². The first-order valence-electron chi connectivity index (χ1n) is 6.30. The molecule has 5 heteroatoms. The maximum atomic E-state index is 8.94. The van der Waals surface area contributed by atoms with Crippen molar-refractivity contribution in [1.82, 2.24) is 4.98 Å². The van der Waals surface area contributed by atoms with Gasteiger partial charge in [-0.3, -0.25) is 0 Å². The van der Waals surface area contributed by atoms with Crippen LogP contribution in [0.1, 0.15) is 18.9 Å². The lowest BCUT2D eigenvalue weighted by Crippen LogP contribution is -2.00. The van der Waals surface area contributed by atoms with E-state index in [-0.39, 0.29) is 11.6 Å². The number of aromatic nitrogens is 1. The molecule has 0 aliphatic carbocycles. The number of ether oxygens (including phenoxy) is 2. The number of nitrogens with two attached hydrogens (primary N) is 1. The molecule has 0 radical (unpaired) electrons. The van der Waals surface area contributed by atoms with E-state index in [0.717, 1.165) is 6.42 Å². The zero-order valence-corrected chi connectivity index (χ0v) is 11.2. The Balaban J connectivity index is 2.29. The lowest BCUT2D eigenvalue weighted by molar-refractivity contribution is 0.301. The van der Waals surface area contributed by atoms with E-state index in [1.807, 2.05) is 31.2 Å². The number of nitrogen functional groups attached to an aromatic ring is 1. The topological polar surface area (TPSA) is 81.2 Å². The highest BCUT2D eigenvalue weighted by molar-refractivity contribution is 5.61. The van der Waals surface area contributed by atoms with Crippen LogP contribution in [-0.4, -0.2) is 11.6 Å². The van der Waals surface area contributed by atoms with E-state index in [1.165, 1.54) is 6.20 Å². The predicted molar refractivity (Wildman–Crippen MR) is 75.7 cm³/mol. The van der Waals surface area contributed by atoms with E-state index in [0.29, 0.717) is 23.7 Å². The van der Waals surface area contributed by atoms with Gasteiger partial charge in [0.2, 0.25) is 5.88 Å². The molecule has 0 atom stereocenters. The summed E-state index contributed by atoms with van der Waals surface area (Å²) in [5.41, 5.74) is 6.40. The van der Waals surface area contributed by atoms with E-state index < -0.39 is 0 Å². The highest BCUT2D eigenvalue weighted by Gasteiger charge is 2.11. The van der Waals surface area contributed by atoms with Crippen molar-refractivity contribution in [2.45, 2.75) is 13.3 Å². The number of rotatable bonds is 5. The highest BCUT2D eigenvalue weighted by atomic mass is 16.5. The van der Waals surface area contributed by atoms with Crippen molar-refractivity contribution in [3.63, 3.8) is 0 Å². The maximum absolute atomic E-state index is 8.94. The molecule has 0 amide bonds. The number of benzene rings is 1. The minimum atomic E-state index is 0.205. The van der Waals surface area contributed by atoms with Gasteiger partial charge in [0.05, 0.1) is 12.2 Å². The van der Waals surface area contributed by atoms with Gasteiger partial charge in [-0.15, -0.1) is 0 Å². The number of hydrogen-bond acceptors (Lipinski definition) is 5. The normalized spacial score (nSPS) is 9.80. The molecule has 0 bridgehead atoms. The minimum absolute atomic E-state index is 0.205. The number of nitrogens with zero attached hydrogens (tertiary/aromatic N) is 2. The summed E-state index contributed by atoms with van der Waals surface area (Å²) in [5.74, 6) is 1.35. The second-order valence-corrected chi connectivity index (χ2v) is 4.09. The van der Waals surface area contributed by atoms with E-state index in [2.05, 4.69) is 4.98 Å². The Hall–Kier alpha value is -2.74. The van der Waals surface area contributed by atoms with Gasteiger partial charge in [-0.2, -0.15) is 5.26 Å². The van der Waals surface area contributed by atoms with Crippen LogP contribution in [0.5, 0.6) is 17.4 Å². The number of nitriles is 1. The number of hydrogen-bond donors (Lipinski definition) is 1. The molecule has 2 aromatic rings. The second-order valence-electron chi connectivity index (χ2n) is 4.09. The summed E-state index contributed by atoms with van der Waals surface area (Å²) in [6.45, 7) is 2.63. The molecule has 0 aliphatic rings. The molecule has 20 heavy (non-hydrogen) atoms. The van der Waals surface area contributed by atoms with Gasteiger partial charge in [-0.1, -0.05) is 19.1 Å². The van der Waals surface area contributed by atoms with Crippen LogP contribution in [0.15, 0.2) is 36.5 Å². The zero-order chi connectivity index (χ0) is 14.4. The Morgan fingerprint density at radius 3 is 2.70 bits per heavy atom. The summed E-state index contributed by atoms with van der Waals surface area (Å²) in [7, 11) is 0. The molecule has 0 saturated carbocycles. The molecule has 102 valence electrons. The first-order valence-corrected chi connectivity index (χ1v) is 6.30. The molecule has 0 fully saturated rings. The third kappa shape index (κ3) is 2.98. The predicted octanol–water partition coefficient (Wildman–Crippen LogP) is 3.12. The van der Waals surface area contributed by atoms with Crippen LogP contribution in [0.2, 0.25) is 0 Å². The molecular weight excluding hydrogens is 254 g/mol. The fraction of sp³-hybridized carbons (Fsp3) is 0.200. The fourth-order valence-corrected chi connectivity index (χ4v) is 1.60. The van der Waals surface area contributed by atoms with Crippen molar-refractivity contribution >= 4 is 5.69 Å². The first kappa shape index (κ1) is 13.7. The molecule has 1 heterocycles. The van der Waals surface area contributed by atoms with Crippen LogP contribution >= 0.6 is 0 Å². The Morgan fingerprint density at radius 2 is 2.00 bits per heavy atom.